The van der Waals surface area contributed by atoms with Crippen molar-refractivity contribution < 1.29 is 18.0 Å². The van der Waals surface area contributed by atoms with Crippen LogP contribution in [0, 0.1) is 5.92 Å². The molecule has 3 heterocycles. The molecule has 3 N–H and O–H groups in total. The number of hydrogen-bond acceptors (Lipinski definition) is 4. The molecule has 1 unspecified atom stereocenters. The van der Waals surface area contributed by atoms with Crippen LogP contribution in [0.5, 0.6) is 0 Å². The van der Waals surface area contributed by atoms with Crippen LogP contribution in [0.3, 0.4) is 0 Å². The van der Waals surface area contributed by atoms with Gasteiger partial charge in [0.15, 0.2) is 5.65 Å². The number of nitrogens with two attached hydrogens (primary N) is 1. The van der Waals surface area contributed by atoms with Crippen LogP contribution in [0.15, 0.2) is 6.07 Å². The third-order valence-corrected chi connectivity index (χ3v) is 5.71. The number of pyridine rings is 1. The van der Waals surface area contributed by atoms with Crippen LogP contribution in [0.25, 0.3) is 11.0 Å². The lowest BCUT2D eigenvalue weighted by Gasteiger charge is -2.37. The van der Waals surface area contributed by atoms with E-state index in [-0.39, 0.29) is 34.4 Å². The highest BCUT2D eigenvalue weighted by atomic mass is 19.4. The van der Waals surface area contributed by atoms with Gasteiger partial charge < -0.3 is 10.6 Å². The van der Waals surface area contributed by atoms with Crippen LogP contribution < -0.4 is 5.73 Å². The maximum atomic E-state index is 13.6. The average molecular weight is 381 g/mol. The number of likely N-dealkylation sites (tertiary alicyclic amines) is 1. The second-order valence-corrected chi connectivity index (χ2v) is 7.45. The molecule has 4 rings (SSSR count). The van der Waals surface area contributed by atoms with Crippen LogP contribution in [-0.4, -0.2) is 32.5 Å². The Bertz CT molecular complexity index is 857. The molecule has 1 aliphatic carbocycles. The summed E-state index contributed by atoms with van der Waals surface area (Å²) in [5.41, 5.74) is 4.97. The number of aromatic amines is 1. The molecule has 2 aliphatic rings. The number of aromatic nitrogens is 3. The Balaban J connectivity index is 1.76. The molecular formula is C18H22F3N5O. The van der Waals surface area contributed by atoms with Gasteiger partial charge in [-0.1, -0.05) is 12.8 Å². The van der Waals surface area contributed by atoms with Gasteiger partial charge in [-0.3, -0.25) is 9.89 Å². The smallest absolute Gasteiger partial charge is 0.383 e. The van der Waals surface area contributed by atoms with E-state index in [1.807, 2.05) is 0 Å². The van der Waals surface area contributed by atoms with Crippen molar-refractivity contribution in [3.05, 3.63) is 17.3 Å². The number of alkyl halides is 3. The van der Waals surface area contributed by atoms with Crippen molar-refractivity contribution in [3.8, 4) is 0 Å². The number of fused-ring (bicyclic) bond motifs is 1. The Morgan fingerprint density at radius 3 is 2.59 bits per heavy atom. The molecule has 2 fully saturated rings. The Kier molecular flexibility index (Phi) is 4.47. The lowest BCUT2D eigenvalue weighted by molar-refractivity contribution is -0.139. The van der Waals surface area contributed by atoms with E-state index in [0.29, 0.717) is 13.0 Å². The summed E-state index contributed by atoms with van der Waals surface area (Å²) in [6, 6.07) is 0.592. The first-order valence-electron chi connectivity index (χ1n) is 9.38. The number of nitrogens with one attached hydrogen (secondary N) is 1. The van der Waals surface area contributed by atoms with Crippen molar-refractivity contribution in [2.75, 3.05) is 12.3 Å². The first-order valence-corrected chi connectivity index (χ1v) is 9.38. The fourth-order valence-corrected chi connectivity index (χ4v) is 4.37. The molecule has 1 saturated carbocycles. The first kappa shape index (κ1) is 18.1. The molecule has 2 aromatic rings. The van der Waals surface area contributed by atoms with Crippen molar-refractivity contribution >= 4 is 22.8 Å². The fraction of sp³-hybridized carbons (Fsp3) is 0.611. The minimum Gasteiger partial charge on any atom is -0.383 e. The minimum absolute atomic E-state index is 0.0163. The van der Waals surface area contributed by atoms with E-state index in [9.17, 15) is 18.0 Å². The van der Waals surface area contributed by atoms with Crippen molar-refractivity contribution in [1.29, 1.82) is 0 Å². The number of hydrogen-bond donors (Lipinski definition) is 2. The van der Waals surface area contributed by atoms with E-state index in [0.717, 1.165) is 44.6 Å². The normalized spacial score (nSPS) is 21.9. The Labute approximate surface area is 154 Å². The monoisotopic (exact) mass is 381 g/mol. The summed E-state index contributed by atoms with van der Waals surface area (Å²) >= 11 is 0. The lowest BCUT2D eigenvalue weighted by Crippen LogP contribution is -2.41. The molecule has 27 heavy (non-hydrogen) atoms. The van der Waals surface area contributed by atoms with E-state index >= 15 is 0 Å². The number of rotatable bonds is 2. The lowest BCUT2D eigenvalue weighted by atomic mass is 9.94. The Hall–Kier alpha value is -2.32. The fourth-order valence-electron chi connectivity index (χ4n) is 4.37. The molecule has 6 nitrogen and oxygen atoms in total. The van der Waals surface area contributed by atoms with Crippen LogP contribution in [0.2, 0.25) is 0 Å². The number of halogens is 3. The van der Waals surface area contributed by atoms with Gasteiger partial charge >= 0.3 is 6.18 Å². The van der Waals surface area contributed by atoms with Gasteiger partial charge in [-0.05, 0) is 38.2 Å². The number of carbonyl (C=O) groups excluding carboxylic acids is 1. The summed E-state index contributed by atoms with van der Waals surface area (Å²) in [6.07, 6.45) is 1.52. The van der Waals surface area contributed by atoms with Crippen LogP contribution in [-0.2, 0) is 11.0 Å². The largest absolute Gasteiger partial charge is 0.417 e. The number of carbonyl (C=O) groups is 1. The van der Waals surface area contributed by atoms with Gasteiger partial charge in [0.2, 0.25) is 5.91 Å². The highest BCUT2D eigenvalue weighted by molar-refractivity contribution is 5.90. The van der Waals surface area contributed by atoms with Crippen molar-refractivity contribution in [2.24, 2.45) is 5.92 Å². The molecule has 9 heteroatoms. The van der Waals surface area contributed by atoms with Gasteiger partial charge in [0.1, 0.15) is 5.82 Å². The highest BCUT2D eigenvalue weighted by Crippen LogP contribution is 2.40. The third kappa shape index (κ3) is 3.23. The predicted molar refractivity (Wildman–Crippen MR) is 93.6 cm³/mol. The molecule has 0 spiro atoms. The molecule has 0 aromatic carbocycles. The molecule has 146 valence electrons. The zero-order chi connectivity index (χ0) is 19.2. The zero-order valence-electron chi connectivity index (χ0n) is 14.9. The maximum Gasteiger partial charge on any atom is 0.417 e. The summed E-state index contributed by atoms with van der Waals surface area (Å²) < 4.78 is 40.9. The average Bonchev–Trinajstić information content (AvgIpc) is 3.30. The van der Waals surface area contributed by atoms with Crippen molar-refractivity contribution in [2.45, 2.75) is 57.2 Å². The van der Waals surface area contributed by atoms with Crippen molar-refractivity contribution in [3.63, 3.8) is 0 Å². The topological polar surface area (TPSA) is 87.9 Å². The third-order valence-electron chi connectivity index (χ3n) is 5.71. The van der Waals surface area contributed by atoms with E-state index in [1.165, 1.54) is 0 Å². The van der Waals surface area contributed by atoms with E-state index < -0.39 is 17.8 Å². The number of piperidine rings is 1. The van der Waals surface area contributed by atoms with Gasteiger partial charge in [0.25, 0.3) is 0 Å². The molecule has 1 aliphatic heterocycles. The summed E-state index contributed by atoms with van der Waals surface area (Å²) in [6.45, 7) is 0.559. The molecule has 0 bridgehead atoms. The van der Waals surface area contributed by atoms with Gasteiger partial charge in [-0.2, -0.15) is 18.3 Å². The summed E-state index contributed by atoms with van der Waals surface area (Å²) in [7, 11) is 0. The van der Waals surface area contributed by atoms with E-state index in [2.05, 4.69) is 15.2 Å². The van der Waals surface area contributed by atoms with E-state index in [1.54, 1.807) is 4.90 Å². The number of nitrogens with zero attached hydrogens (tertiary/aromatic N) is 3. The van der Waals surface area contributed by atoms with Gasteiger partial charge in [-0.25, -0.2) is 4.98 Å². The quantitative estimate of drug-likeness (QED) is 0.828. The standard InChI is InChI=1S/C18H22F3N5O/c19-18(20,21)11-9-12(23-16-14(11)15(22)24-25-16)13-7-3-4-8-26(13)17(27)10-5-1-2-6-10/h9-10,13H,1-8H2,(H3,22,23,24,25). The zero-order valence-corrected chi connectivity index (χ0v) is 14.9. The molecule has 2 aromatic heterocycles. The second-order valence-electron chi connectivity index (χ2n) is 7.45. The Morgan fingerprint density at radius 1 is 1.19 bits per heavy atom. The van der Waals surface area contributed by atoms with Crippen LogP contribution in [0.4, 0.5) is 19.0 Å². The van der Waals surface area contributed by atoms with Crippen LogP contribution >= 0.6 is 0 Å². The first-order chi connectivity index (χ1) is 12.9. The number of nitrogen functional groups attached to an aromatic ring is 1. The molecule has 1 amide bonds. The molecular weight excluding hydrogens is 359 g/mol. The minimum atomic E-state index is -4.58. The van der Waals surface area contributed by atoms with Crippen LogP contribution in [0.1, 0.15) is 62.2 Å². The van der Waals surface area contributed by atoms with Gasteiger partial charge in [0, 0.05) is 12.5 Å². The predicted octanol–water partition coefficient (Wildman–Crippen LogP) is 3.80. The SMILES string of the molecule is Nc1[nH]nc2nc(C3CCCCN3C(=O)C3CCCC3)cc(C(F)(F)F)c12. The maximum absolute atomic E-state index is 13.6. The van der Waals surface area contributed by atoms with E-state index in [4.69, 9.17) is 5.73 Å². The molecule has 0 radical (unpaired) electrons. The summed E-state index contributed by atoms with van der Waals surface area (Å²) in [5, 5.41) is 6.00. The van der Waals surface area contributed by atoms with Crippen molar-refractivity contribution in [1.82, 2.24) is 20.1 Å². The Morgan fingerprint density at radius 2 is 1.89 bits per heavy atom. The summed E-state index contributed by atoms with van der Waals surface area (Å²) in [4.78, 5) is 19.0. The number of H-pyrrole nitrogens is 1. The number of anilines is 1. The number of amides is 1. The van der Waals surface area contributed by atoms with Gasteiger partial charge in [0.05, 0.1) is 22.7 Å². The summed E-state index contributed by atoms with van der Waals surface area (Å²) in [5.74, 6) is -0.120. The van der Waals surface area contributed by atoms with Gasteiger partial charge in [-0.15, -0.1) is 0 Å². The molecule has 1 saturated heterocycles. The highest BCUT2D eigenvalue weighted by Gasteiger charge is 2.38. The second kappa shape index (κ2) is 6.69. The molecule has 1 atom stereocenters.